The zero-order valence-corrected chi connectivity index (χ0v) is 13.6. The highest BCUT2D eigenvalue weighted by atomic mass is 32.2. The molecular formula is C16H32N2S. The third-order valence-electron chi connectivity index (χ3n) is 4.71. The first-order valence-electron chi connectivity index (χ1n) is 8.35. The average Bonchev–Trinajstić information content (AvgIpc) is 2.69. The molecule has 0 radical (unpaired) electrons. The molecule has 0 bridgehead atoms. The van der Waals surface area contributed by atoms with Crippen molar-refractivity contribution in [2.24, 2.45) is 5.41 Å². The van der Waals surface area contributed by atoms with Gasteiger partial charge in [0.2, 0.25) is 0 Å². The van der Waals surface area contributed by atoms with Crippen molar-refractivity contribution in [3.8, 4) is 0 Å². The summed E-state index contributed by atoms with van der Waals surface area (Å²) in [7, 11) is 0. The van der Waals surface area contributed by atoms with Crippen LogP contribution >= 0.6 is 11.8 Å². The Kier molecular flexibility index (Phi) is 7.03. The maximum atomic E-state index is 3.72. The van der Waals surface area contributed by atoms with Crippen molar-refractivity contribution in [1.82, 2.24) is 10.2 Å². The van der Waals surface area contributed by atoms with Gasteiger partial charge < -0.3 is 10.2 Å². The molecule has 1 saturated carbocycles. The van der Waals surface area contributed by atoms with Gasteiger partial charge >= 0.3 is 0 Å². The van der Waals surface area contributed by atoms with E-state index in [1.807, 2.05) is 0 Å². The van der Waals surface area contributed by atoms with Crippen LogP contribution in [0.4, 0.5) is 0 Å². The van der Waals surface area contributed by atoms with Crippen molar-refractivity contribution in [3.05, 3.63) is 0 Å². The summed E-state index contributed by atoms with van der Waals surface area (Å²) < 4.78 is 0. The summed E-state index contributed by atoms with van der Waals surface area (Å²) in [6.07, 6.45) is 9.93. The van der Waals surface area contributed by atoms with Crippen molar-refractivity contribution < 1.29 is 0 Å². The van der Waals surface area contributed by atoms with E-state index in [1.54, 1.807) is 0 Å². The second-order valence-corrected chi connectivity index (χ2v) is 7.70. The third kappa shape index (κ3) is 5.28. The fraction of sp³-hybridized carbons (Fsp3) is 1.00. The molecule has 0 unspecified atom stereocenters. The van der Waals surface area contributed by atoms with Crippen molar-refractivity contribution in [1.29, 1.82) is 0 Å². The summed E-state index contributed by atoms with van der Waals surface area (Å²) in [5.41, 5.74) is 0.586. The number of nitrogens with zero attached hydrogens (tertiary/aromatic N) is 1. The molecule has 1 aliphatic carbocycles. The molecule has 1 aliphatic heterocycles. The van der Waals surface area contributed by atoms with E-state index in [9.17, 15) is 0 Å². The van der Waals surface area contributed by atoms with E-state index in [1.165, 1.54) is 89.2 Å². The first-order chi connectivity index (χ1) is 9.35. The van der Waals surface area contributed by atoms with Gasteiger partial charge in [-0.2, -0.15) is 11.8 Å². The smallest absolute Gasteiger partial charge is 0.00726 e. The first-order valence-corrected chi connectivity index (χ1v) is 9.51. The average molecular weight is 285 g/mol. The van der Waals surface area contributed by atoms with Gasteiger partial charge in [0.25, 0.3) is 0 Å². The van der Waals surface area contributed by atoms with Crippen LogP contribution in [0, 0.1) is 5.41 Å². The lowest BCUT2D eigenvalue weighted by Crippen LogP contribution is -2.46. The minimum atomic E-state index is 0.586. The Balaban J connectivity index is 1.87. The van der Waals surface area contributed by atoms with Crippen molar-refractivity contribution in [2.75, 3.05) is 44.2 Å². The van der Waals surface area contributed by atoms with E-state index in [0.717, 1.165) is 0 Å². The van der Waals surface area contributed by atoms with Crippen molar-refractivity contribution in [3.63, 3.8) is 0 Å². The summed E-state index contributed by atoms with van der Waals surface area (Å²) in [4.78, 5) is 2.76. The van der Waals surface area contributed by atoms with Crippen molar-refractivity contribution >= 4 is 11.8 Å². The highest BCUT2D eigenvalue weighted by Gasteiger charge is 2.33. The van der Waals surface area contributed by atoms with Crippen LogP contribution in [0.15, 0.2) is 0 Å². The molecule has 112 valence electrons. The third-order valence-corrected chi connectivity index (χ3v) is 5.76. The Morgan fingerprint density at radius 1 is 1.05 bits per heavy atom. The molecule has 2 fully saturated rings. The molecule has 0 amide bonds. The summed E-state index contributed by atoms with van der Waals surface area (Å²) in [5, 5.41) is 3.72. The van der Waals surface area contributed by atoms with E-state index in [-0.39, 0.29) is 0 Å². The number of nitrogens with one attached hydrogen (secondary N) is 1. The fourth-order valence-electron chi connectivity index (χ4n) is 3.65. The Hall–Kier alpha value is 0.270. The SMILES string of the molecule is CCCNCC1(CN2CCCSCC2)CCCCC1. The minimum Gasteiger partial charge on any atom is -0.316 e. The van der Waals surface area contributed by atoms with Gasteiger partial charge in [0, 0.05) is 25.4 Å². The molecule has 0 aromatic carbocycles. The summed E-state index contributed by atoms with van der Waals surface area (Å²) in [5.74, 6) is 2.72. The second kappa shape index (κ2) is 8.53. The molecule has 2 nitrogen and oxygen atoms in total. The molecule has 2 aliphatic rings. The van der Waals surface area contributed by atoms with Crippen LogP contribution in [0.2, 0.25) is 0 Å². The fourth-order valence-corrected chi connectivity index (χ4v) is 4.58. The summed E-state index contributed by atoms with van der Waals surface area (Å²) in [6, 6.07) is 0. The zero-order chi connectivity index (χ0) is 13.4. The van der Waals surface area contributed by atoms with Crippen LogP contribution in [0.1, 0.15) is 51.9 Å². The number of hydrogen-bond acceptors (Lipinski definition) is 3. The molecule has 0 spiro atoms. The highest BCUT2D eigenvalue weighted by molar-refractivity contribution is 7.99. The maximum absolute atomic E-state index is 3.72. The largest absolute Gasteiger partial charge is 0.316 e. The Morgan fingerprint density at radius 3 is 2.68 bits per heavy atom. The lowest BCUT2D eigenvalue weighted by molar-refractivity contribution is 0.107. The minimum absolute atomic E-state index is 0.586. The van der Waals surface area contributed by atoms with Gasteiger partial charge in [0.1, 0.15) is 0 Å². The molecule has 2 rings (SSSR count). The zero-order valence-electron chi connectivity index (χ0n) is 12.8. The number of hydrogen-bond donors (Lipinski definition) is 1. The van der Waals surface area contributed by atoms with E-state index < -0.39 is 0 Å². The highest BCUT2D eigenvalue weighted by Crippen LogP contribution is 2.37. The molecule has 1 saturated heterocycles. The lowest BCUT2D eigenvalue weighted by Gasteiger charge is -2.41. The molecule has 1 N–H and O–H groups in total. The molecule has 1 heterocycles. The topological polar surface area (TPSA) is 15.3 Å². The van der Waals surface area contributed by atoms with Gasteiger partial charge in [0.15, 0.2) is 0 Å². The lowest BCUT2D eigenvalue weighted by atomic mass is 9.73. The summed E-state index contributed by atoms with van der Waals surface area (Å²) >= 11 is 2.14. The Labute approximate surface area is 124 Å². The molecule has 0 atom stereocenters. The second-order valence-electron chi connectivity index (χ2n) is 6.48. The molecular weight excluding hydrogens is 252 g/mol. The van der Waals surface area contributed by atoms with Crippen LogP contribution in [0.5, 0.6) is 0 Å². The monoisotopic (exact) mass is 284 g/mol. The van der Waals surface area contributed by atoms with Gasteiger partial charge in [-0.25, -0.2) is 0 Å². The van der Waals surface area contributed by atoms with Crippen LogP contribution in [-0.2, 0) is 0 Å². The predicted molar refractivity (Wildman–Crippen MR) is 87.1 cm³/mol. The quantitative estimate of drug-likeness (QED) is 0.753. The van der Waals surface area contributed by atoms with E-state index in [0.29, 0.717) is 5.41 Å². The van der Waals surface area contributed by atoms with E-state index >= 15 is 0 Å². The number of rotatable bonds is 6. The normalized spacial score (nSPS) is 25.1. The molecule has 0 aromatic rings. The standard InChI is InChI=1S/C16H32N2S/c1-2-9-17-14-16(7-4-3-5-8-16)15-18-10-6-12-19-13-11-18/h17H,2-15H2,1H3. The van der Waals surface area contributed by atoms with Gasteiger partial charge in [0.05, 0.1) is 0 Å². The maximum Gasteiger partial charge on any atom is 0.00726 e. The van der Waals surface area contributed by atoms with Crippen LogP contribution in [0.25, 0.3) is 0 Å². The van der Waals surface area contributed by atoms with Gasteiger partial charge in [-0.3, -0.25) is 0 Å². The Morgan fingerprint density at radius 2 is 1.89 bits per heavy atom. The van der Waals surface area contributed by atoms with Crippen molar-refractivity contribution in [2.45, 2.75) is 51.9 Å². The van der Waals surface area contributed by atoms with Crippen LogP contribution < -0.4 is 5.32 Å². The molecule has 19 heavy (non-hydrogen) atoms. The predicted octanol–water partition coefficient (Wildman–Crippen LogP) is 3.38. The first kappa shape index (κ1) is 15.7. The summed E-state index contributed by atoms with van der Waals surface area (Å²) in [6.45, 7) is 8.72. The number of thioether (sulfide) groups is 1. The van der Waals surface area contributed by atoms with E-state index in [4.69, 9.17) is 0 Å². The van der Waals surface area contributed by atoms with Gasteiger partial charge in [-0.15, -0.1) is 0 Å². The van der Waals surface area contributed by atoms with E-state index in [2.05, 4.69) is 28.9 Å². The van der Waals surface area contributed by atoms with Gasteiger partial charge in [-0.1, -0.05) is 26.2 Å². The molecule has 3 heteroatoms. The Bertz CT molecular complexity index is 231. The molecule has 0 aromatic heterocycles. The van der Waals surface area contributed by atoms with Gasteiger partial charge in [-0.05, 0) is 49.9 Å². The van der Waals surface area contributed by atoms with Crippen LogP contribution in [-0.4, -0.2) is 49.1 Å². The van der Waals surface area contributed by atoms with Crippen LogP contribution in [0.3, 0.4) is 0 Å².